The molecule has 1 aromatic heterocycles. The van der Waals surface area contributed by atoms with Crippen LogP contribution < -0.4 is 4.74 Å². The van der Waals surface area contributed by atoms with Crippen molar-refractivity contribution >= 4 is 27.3 Å². The van der Waals surface area contributed by atoms with E-state index in [0.717, 1.165) is 38.2 Å². The first-order valence-electron chi connectivity index (χ1n) is 6.59. The van der Waals surface area contributed by atoms with Gasteiger partial charge < -0.3 is 9.84 Å². The summed E-state index contributed by atoms with van der Waals surface area (Å²) < 4.78 is 6.51. The first-order valence-corrected chi connectivity index (χ1v) is 8.20. The number of methoxy groups -OCH3 is 1. The fourth-order valence-electron chi connectivity index (χ4n) is 2.35. The molecular formula is C16H19BrO2S. The average Bonchev–Trinajstić information content (AvgIpc) is 2.90. The maximum absolute atomic E-state index is 10.8. The smallest absolute Gasteiger partial charge is 0.128 e. The first kappa shape index (κ1) is 15.5. The van der Waals surface area contributed by atoms with Crippen molar-refractivity contribution in [3.05, 3.63) is 49.1 Å². The van der Waals surface area contributed by atoms with E-state index >= 15 is 0 Å². The maximum Gasteiger partial charge on any atom is 0.128 e. The molecule has 1 N–H and O–H groups in total. The summed E-state index contributed by atoms with van der Waals surface area (Å²) in [6.07, 6.45) is 0.344. The standard InChI is InChI=1S/C16H19BrO2S/c1-5-11-6-7-13(20-11)15(18)14-10(3)12(17)8-9(2)16(14)19-4/h6-8,15,18H,5H2,1-4H3. The van der Waals surface area contributed by atoms with Crippen LogP contribution in [0, 0.1) is 13.8 Å². The third-order valence-corrected chi connectivity index (χ3v) is 5.59. The van der Waals surface area contributed by atoms with Crippen molar-refractivity contribution in [1.29, 1.82) is 0 Å². The monoisotopic (exact) mass is 354 g/mol. The highest BCUT2D eigenvalue weighted by Gasteiger charge is 2.22. The van der Waals surface area contributed by atoms with Gasteiger partial charge in [-0.05, 0) is 49.6 Å². The molecule has 2 rings (SSSR count). The molecule has 1 atom stereocenters. The van der Waals surface area contributed by atoms with Crippen LogP contribution in [0.1, 0.15) is 39.5 Å². The molecule has 1 heterocycles. The van der Waals surface area contributed by atoms with Gasteiger partial charge in [0, 0.05) is 19.8 Å². The second kappa shape index (κ2) is 6.29. The Morgan fingerprint density at radius 1 is 1.35 bits per heavy atom. The molecule has 4 heteroatoms. The molecule has 2 nitrogen and oxygen atoms in total. The van der Waals surface area contributed by atoms with Crippen molar-refractivity contribution in [3.8, 4) is 5.75 Å². The number of thiophene rings is 1. The zero-order chi connectivity index (χ0) is 14.9. The van der Waals surface area contributed by atoms with Gasteiger partial charge in [0.2, 0.25) is 0 Å². The number of halogens is 1. The Balaban J connectivity index is 2.55. The molecule has 0 aliphatic heterocycles. The van der Waals surface area contributed by atoms with Gasteiger partial charge in [-0.2, -0.15) is 0 Å². The van der Waals surface area contributed by atoms with Crippen LogP contribution in [0.4, 0.5) is 0 Å². The van der Waals surface area contributed by atoms with Gasteiger partial charge in [0.1, 0.15) is 11.9 Å². The summed E-state index contributed by atoms with van der Waals surface area (Å²) in [6, 6.07) is 6.11. The van der Waals surface area contributed by atoms with E-state index in [1.165, 1.54) is 4.88 Å². The third kappa shape index (κ3) is 2.78. The fraction of sp³-hybridized carbons (Fsp3) is 0.375. The van der Waals surface area contributed by atoms with Crippen molar-refractivity contribution < 1.29 is 9.84 Å². The molecule has 0 aliphatic carbocycles. The summed E-state index contributed by atoms with van der Waals surface area (Å²) in [5.74, 6) is 0.768. The molecule has 0 radical (unpaired) electrons. The van der Waals surface area contributed by atoms with Crippen LogP contribution in [0.5, 0.6) is 5.75 Å². The number of hydrogen-bond donors (Lipinski definition) is 1. The van der Waals surface area contributed by atoms with E-state index in [4.69, 9.17) is 4.74 Å². The maximum atomic E-state index is 10.8. The van der Waals surface area contributed by atoms with Gasteiger partial charge >= 0.3 is 0 Å². The minimum atomic E-state index is -0.647. The molecule has 1 aromatic carbocycles. The number of ether oxygens (including phenoxy) is 1. The van der Waals surface area contributed by atoms with Crippen LogP contribution >= 0.6 is 27.3 Å². The Labute approximate surface area is 132 Å². The number of benzene rings is 1. The molecule has 108 valence electrons. The number of aryl methyl sites for hydroxylation is 2. The van der Waals surface area contributed by atoms with Gasteiger partial charge in [0.25, 0.3) is 0 Å². The predicted molar refractivity (Wildman–Crippen MR) is 87.9 cm³/mol. The molecule has 1 unspecified atom stereocenters. The van der Waals surface area contributed by atoms with E-state index in [0.29, 0.717) is 0 Å². The van der Waals surface area contributed by atoms with Gasteiger partial charge in [0.05, 0.1) is 7.11 Å². The normalized spacial score (nSPS) is 12.5. The van der Waals surface area contributed by atoms with Crippen LogP contribution in [0.15, 0.2) is 22.7 Å². The molecule has 20 heavy (non-hydrogen) atoms. The fourth-order valence-corrected chi connectivity index (χ4v) is 3.85. The van der Waals surface area contributed by atoms with Crippen LogP contribution in [0.2, 0.25) is 0 Å². The lowest BCUT2D eigenvalue weighted by molar-refractivity contribution is 0.217. The highest BCUT2D eigenvalue weighted by molar-refractivity contribution is 9.10. The summed E-state index contributed by atoms with van der Waals surface area (Å²) >= 11 is 5.21. The summed E-state index contributed by atoms with van der Waals surface area (Å²) in [5.41, 5.74) is 2.89. The highest BCUT2D eigenvalue weighted by Crippen LogP contribution is 2.40. The summed E-state index contributed by atoms with van der Waals surface area (Å²) in [7, 11) is 1.65. The lowest BCUT2D eigenvalue weighted by atomic mass is 9.98. The molecule has 0 fully saturated rings. The van der Waals surface area contributed by atoms with E-state index in [9.17, 15) is 5.11 Å². The Morgan fingerprint density at radius 2 is 2.05 bits per heavy atom. The number of rotatable bonds is 4. The molecular weight excluding hydrogens is 336 g/mol. The molecule has 0 amide bonds. The Morgan fingerprint density at radius 3 is 2.60 bits per heavy atom. The van der Waals surface area contributed by atoms with Crippen LogP contribution in [-0.2, 0) is 6.42 Å². The minimum absolute atomic E-state index is 0.647. The Hall–Kier alpha value is -0.840. The quantitative estimate of drug-likeness (QED) is 0.855. The van der Waals surface area contributed by atoms with Crippen molar-refractivity contribution in [1.82, 2.24) is 0 Å². The second-order valence-electron chi connectivity index (χ2n) is 4.81. The second-order valence-corrected chi connectivity index (χ2v) is 6.86. The van der Waals surface area contributed by atoms with Gasteiger partial charge in [-0.3, -0.25) is 0 Å². The van der Waals surface area contributed by atoms with E-state index in [-0.39, 0.29) is 0 Å². The van der Waals surface area contributed by atoms with Crippen LogP contribution in [-0.4, -0.2) is 12.2 Å². The average molecular weight is 355 g/mol. The van der Waals surface area contributed by atoms with Gasteiger partial charge in [0.15, 0.2) is 0 Å². The molecule has 0 spiro atoms. The zero-order valence-electron chi connectivity index (χ0n) is 12.2. The number of aliphatic hydroxyl groups is 1. The lowest BCUT2D eigenvalue weighted by Gasteiger charge is -2.19. The van der Waals surface area contributed by atoms with E-state index in [1.807, 2.05) is 26.0 Å². The topological polar surface area (TPSA) is 29.5 Å². The Bertz CT molecular complexity index is 619. The molecule has 0 saturated heterocycles. The molecule has 0 bridgehead atoms. The summed E-state index contributed by atoms with van der Waals surface area (Å²) in [5, 5.41) is 10.8. The van der Waals surface area contributed by atoms with Gasteiger partial charge in [-0.15, -0.1) is 11.3 Å². The molecule has 0 aliphatic rings. The van der Waals surface area contributed by atoms with Crippen molar-refractivity contribution in [2.75, 3.05) is 7.11 Å². The van der Waals surface area contributed by atoms with Crippen LogP contribution in [0.3, 0.4) is 0 Å². The molecule has 0 saturated carbocycles. The largest absolute Gasteiger partial charge is 0.496 e. The zero-order valence-corrected chi connectivity index (χ0v) is 14.6. The van der Waals surface area contributed by atoms with E-state index in [1.54, 1.807) is 18.4 Å². The summed E-state index contributed by atoms with van der Waals surface area (Å²) in [4.78, 5) is 2.24. The SMILES string of the molecule is CCc1ccc(C(O)c2c(C)c(Br)cc(C)c2OC)s1. The molecule has 2 aromatic rings. The number of aliphatic hydroxyl groups excluding tert-OH is 1. The number of hydrogen-bond acceptors (Lipinski definition) is 3. The predicted octanol–water partition coefficient (Wildman–Crippen LogP) is 4.78. The van der Waals surface area contributed by atoms with Gasteiger partial charge in [-0.1, -0.05) is 22.9 Å². The van der Waals surface area contributed by atoms with Crippen molar-refractivity contribution in [2.45, 2.75) is 33.3 Å². The van der Waals surface area contributed by atoms with Crippen molar-refractivity contribution in [3.63, 3.8) is 0 Å². The lowest BCUT2D eigenvalue weighted by Crippen LogP contribution is -2.05. The summed E-state index contributed by atoms with van der Waals surface area (Å²) in [6.45, 7) is 6.11. The first-order chi connectivity index (χ1) is 9.49. The van der Waals surface area contributed by atoms with E-state index < -0.39 is 6.10 Å². The van der Waals surface area contributed by atoms with Gasteiger partial charge in [-0.25, -0.2) is 0 Å². The van der Waals surface area contributed by atoms with E-state index in [2.05, 4.69) is 28.9 Å². The third-order valence-electron chi connectivity index (χ3n) is 3.49. The van der Waals surface area contributed by atoms with Crippen LogP contribution in [0.25, 0.3) is 0 Å². The highest BCUT2D eigenvalue weighted by atomic mass is 79.9. The van der Waals surface area contributed by atoms with Crippen molar-refractivity contribution in [2.24, 2.45) is 0 Å². The minimum Gasteiger partial charge on any atom is -0.496 e. The Kier molecular flexibility index (Phi) is 4.89.